The normalized spacial score (nSPS) is 18.3. The first-order chi connectivity index (χ1) is 20.4. The van der Waals surface area contributed by atoms with Crippen molar-refractivity contribution in [2.45, 2.75) is 63.6 Å². The number of piperidine rings is 1. The van der Waals surface area contributed by atoms with Crippen LogP contribution in [0.2, 0.25) is 10.2 Å². The van der Waals surface area contributed by atoms with E-state index >= 15 is 0 Å². The Balaban J connectivity index is 1.33. The van der Waals surface area contributed by atoms with Gasteiger partial charge in [0.05, 0.1) is 10.6 Å². The fourth-order valence-electron chi connectivity index (χ4n) is 6.24. The van der Waals surface area contributed by atoms with Crippen LogP contribution < -0.4 is 5.56 Å². The minimum absolute atomic E-state index is 0.146. The molecule has 0 bridgehead atoms. The fourth-order valence-corrected chi connectivity index (χ4v) is 6.68. The Kier molecular flexibility index (Phi) is 9.10. The molecule has 2 aliphatic heterocycles. The van der Waals surface area contributed by atoms with Gasteiger partial charge in [0.2, 0.25) is 0 Å². The number of amides is 1. The topological polar surface area (TPSA) is 83.9 Å². The predicted octanol–water partition coefficient (Wildman–Crippen LogP) is 6.07. The predicted molar refractivity (Wildman–Crippen MR) is 151 cm³/mol. The van der Waals surface area contributed by atoms with Crippen LogP contribution in [0.5, 0.6) is 0 Å². The van der Waals surface area contributed by atoms with E-state index in [0.717, 1.165) is 19.3 Å². The molecule has 232 valence electrons. The first-order valence-corrected chi connectivity index (χ1v) is 15.0. The van der Waals surface area contributed by atoms with Crippen molar-refractivity contribution in [3.05, 3.63) is 73.6 Å². The Bertz CT molecular complexity index is 1570. The molecular weight excluding hydrogens is 615 g/mol. The number of carbonyl (C=O) groups excluding carboxylic acids is 2. The third kappa shape index (κ3) is 6.56. The van der Waals surface area contributed by atoms with E-state index in [0.29, 0.717) is 36.9 Å². The zero-order valence-electron chi connectivity index (χ0n) is 23.2. The number of H-pyrrole nitrogens is 1. The van der Waals surface area contributed by atoms with Gasteiger partial charge in [-0.3, -0.25) is 18.8 Å². The lowest BCUT2D eigenvalue weighted by atomic mass is 9.98. The Morgan fingerprint density at radius 3 is 2.33 bits per heavy atom. The smallest absolute Gasteiger partial charge is 0.338 e. The summed E-state index contributed by atoms with van der Waals surface area (Å²) in [4.78, 5) is 46.9. The van der Waals surface area contributed by atoms with E-state index in [9.17, 15) is 31.9 Å². The fraction of sp³-hybridized carbons (Fsp3) is 0.483. The van der Waals surface area contributed by atoms with E-state index in [-0.39, 0.29) is 59.4 Å². The molecule has 3 aromatic rings. The number of hydrogen-bond donors (Lipinski definition) is 1. The van der Waals surface area contributed by atoms with Crippen LogP contribution in [0.3, 0.4) is 0 Å². The number of alkyl halides is 3. The Morgan fingerprint density at radius 2 is 1.67 bits per heavy atom. The number of aromatic amines is 1. The minimum Gasteiger partial charge on any atom is -0.338 e. The van der Waals surface area contributed by atoms with Crippen molar-refractivity contribution >= 4 is 40.6 Å². The Morgan fingerprint density at radius 1 is 1.02 bits per heavy atom. The van der Waals surface area contributed by atoms with Gasteiger partial charge >= 0.3 is 12.1 Å². The summed E-state index contributed by atoms with van der Waals surface area (Å²) in [5.41, 5.74) is 0.858. The lowest BCUT2D eigenvalue weighted by molar-refractivity contribution is -1.11. The van der Waals surface area contributed by atoms with E-state index in [1.807, 2.05) is 0 Å². The van der Waals surface area contributed by atoms with Crippen LogP contribution in [-0.4, -0.2) is 69.2 Å². The summed E-state index contributed by atoms with van der Waals surface area (Å²) in [6, 6.07) is 5.19. The molecule has 2 saturated heterocycles. The molecule has 0 spiro atoms. The van der Waals surface area contributed by atoms with Crippen molar-refractivity contribution in [3.63, 3.8) is 0 Å². The summed E-state index contributed by atoms with van der Waals surface area (Å²) >= 11 is 12.4. The van der Waals surface area contributed by atoms with Crippen LogP contribution in [0.4, 0.5) is 17.6 Å². The number of hydrogen-bond acceptors (Lipinski definition) is 4. The second-order valence-corrected chi connectivity index (χ2v) is 11.9. The molecular formula is C29H31Cl2F4N4O4+. The molecule has 0 radical (unpaired) electrons. The maximum atomic E-state index is 14.9. The van der Waals surface area contributed by atoms with Crippen molar-refractivity contribution in [1.29, 1.82) is 0 Å². The molecule has 5 rings (SSSR count). The second kappa shape index (κ2) is 12.5. The molecule has 0 saturated carbocycles. The SMILES string of the molecule is O=C(c1cc(Cc2c[nH]c(=O)c3cc(Cl)c(Cl)n23)ccc1F)N1CCC([N+]2(OC(=O)C(F)(F)F)CCCCCCC2)CC1. The zero-order valence-corrected chi connectivity index (χ0v) is 24.7. The summed E-state index contributed by atoms with van der Waals surface area (Å²) in [6.07, 6.45) is 1.09. The molecule has 8 nitrogen and oxygen atoms in total. The van der Waals surface area contributed by atoms with E-state index in [1.54, 1.807) is 0 Å². The van der Waals surface area contributed by atoms with Crippen molar-refractivity contribution < 1.29 is 36.6 Å². The highest BCUT2D eigenvalue weighted by Crippen LogP contribution is 2.32. The van der Waals surface area contributed by atoms with Gasteiger partial charge in [0.25, 0.3) is 11.5 Å². The number of carbonyl (C=O) groups is 2. The maximum absolute atomic E-state index is 14.9. The standard InChI is InChI=1S/C29H30Cl2F4N4O4/c30-22-16-24-26(40)36-17-19(38(24)25(22)31)14-18-6-7-23(32)21(15-18)27(41)37-10-8-20(9-11-37)39(43-28(42)29(33,34)35)12-4-2-1-3-5-13-39/h6-7,15-17,20H,1-5,8-14H2/p+1. The van der Waals surface area contributed by atoms with E-state index in [4.69, 9.17) is 28.0 Å². The Hall–Kier alpha value is -3.09. The highest BCUT2D eigenvalue weighted by atomic mass is 35.5. The van der Waals surface area contributed by atoms with Crippen molar-refractivity contribution in [2.24, 2.45) is 0 Å². The molecule has 0 atom stereocenters. The van der Waals surface area contributed by atoms with Crippen molar-refractivity contribution in [2.75, 3.05) is 26.2 Å². The summed E-state index contributed by atoms with van der Waals surface area (Å²) < 4.78 is 55.6. The summed E-state index contributed by atoms with van der Waals surface area (Å²) in [7, 11) is 0. The van der Waals surface area contributed by atoms with Crippen LogP contribution >= 0.6 is 23.2 Å². The molecule has 14 heteroatoms. The highest BCUT2D eigenvalue weighted by Gasteiger charge is 2.51. The number of nitrogens with zero attached hydrogens (tertiary/aromatic N) is 3. The minimum atomic E-state index is -5.10. The molecule has 0 aliphatic carbocycles. The van der Waals surface area contributed by atoms with Crippen LogP contribution in [0.1, 0.15) is 66.6 Å². The average Bonchev–Trinajstić information content (AvgIpc) is 3.26. The summed E-state index contributed by atoms with van der Waals surface area (Å²) in [6.45, 7) is 0.918. The third-order valence-electron chi connectivity index (χ3n) is 8.42. The van der Waals surface area contributed by atoms with Gasteiger partial charge in [-0.15, -0.1) is 4.65 Å². The van der Waals surface area contributed by atoms with Crippen molar-refractivity contribution in [3.8, 4) is 0 Å². The third-order valence-corrected chi connectivity index (χ3v) is 9.18. The number of rotatable bonds is 5. The largest absolute Gasteiger partial charge is 0.497 e. The molecule has 0 unspecified atom stereocenters. The number of quaternary nitrogens is 1. The molecule has 2 fully saturated rings. The molecule has 1 amide bonds. The maximum Gasteiger partial charge on any atom is 0.497 e. The monoisotopic (exact) mass is 645 g/mol. The van der Waals surface area contributed by atoms with Crippen LogP contribution in [0, 0.1) is 5.82 Å². The molecule has 4 heterocycles. The van der Waals surface area contributed by atoms with E-state index < -0.39 is 34.6 Å². The molecule has 1 N–H and O–H groups in total. The van der Waals surface area contributed by atoms with E-state index in [2.05, 4.69) is 4.98 Å². The first-order valence-electron chi connectivity index (χ1n) is 14.2. The molecule has 43 heavy (non-hydrogen) atoms. The summed E-state index contributed by atoms with van der Waals surface area (Å²) in [5.74, 6) is -3.46. The van der Waals surface area contributed by atoms with Gasteiger partial charge in [-0.25, -0.2) is 9.18 Å². The number of halogens is 6. The number of nitrogens with one attached hydrogen (secondary N) is 1. The van der Waals surface area contributed by atoms with Crippen LogP contribution in [-0.2, 0) is 16.1 Å². The van der Waals surface area contributed by atoms with Gasteiger partial charge in [0.15, 0.2) is 0 Å². The molecule has 2 aliphatic rings. The summed E-state index contributed by atoms with van der Waals surface area (Å²) in [5, 5.41) is 0.353. The zero-order chi connectivity index (χ0) is 30.9. The quantitative estimate of drug-likeness (QED) is 0.270. The lowest BCUT2D eigenvalue weighted by Gasteiger charge is -2.45. The number of benzene rings is 1. The Labute approximate surface area is 254 Å². The number of aromatic nitrogens is 2. The number of likely N-dealkylation sites (tertiary alicyclic amines) is 2. The van der Waals surface area contributed by atoms with Gasteiger partial charge in [-0.2, -0.15) is 13.2 Å². The van der Waals surface area contributed by atoms with E-state index in [1.165, 1.54) is 39.8 Å². The lowest BCUT2D eigenvalue weighted by Crippen LogP contribution is -2.61. The van der Waals surface area contributed by atoms with Gasteiger partial charge in [0.1, 0.15) is 35.6 Å². The van der Waals surface area contributed by atoms with Crippen LogP contribution in [0.25, 0.3) is 5.52 Å². The van der Waals surface area contributed by atoms with Gasteiger partial charge in [-0.05, 0) is 36.6 Å². The van der Waals surface area contributed by atoms with Gasteiger partial charge in [-0.1, -0.05) is 35.7 Å². The second-order valence-electron chi connectivity index (χ2n) is 11.2. The van der Waals surface area contributed by atoms with Crippen molar-refractivity contribution in [1.82, 2.24) is 14.3 Å². The number of fused-ring (bicyclic) bond motifs is 1. The molecule has 1 aromatic carbocycles. The molecule has 2 aromatic heterocycles. The average molecular weight is 646 g/mol. The van der Waals surface area contributed by atoms with Gasteiger partial charge < -0.3 is 9.88 Å². The first kappa shape index (κ1) is 31.3. The highest BCUT2D eigenvalue weighted by molar-refractivity contribution is 6.42. The number of hydroxylamine groups is 3. The van der Waals surface area contributed by atoms with Gasteiger partial charge in [0, 0.05) is 57.1 Å². The van der Waals surface area contributed by atoms with Crippen LogP contribution in [0.15, 0.2) is 35.3 Å².